The molecule has 0 bridgehead atoms. The number of nitrogens with two attached hydrogens (primary N) is 1. The molecule has 0 saturated carbocycles. The summed E-state index contributed by atoms with van der Waals surface area (Å²) in [6.07, 6.45) is 0. The maximum Gasteiger partial charge on any atom is 0.387 e. The van der Waals surface area contributed by atoms with E-state index in [2.05, 4.69) is 10.1 Å². The first-order valence-electron chi connectivity index (χ1n) is 6.34. The molecule has 1 rings (SSSR count). The Morgan fingerprint density at radius 1 is 1.33 bits per heavy atom. The Morgan fingerprint density at radius 2 is 1.95 bits per heavy atom. The van der Waals surface area contributed by atoms with Crippen LogP contribution < -0.4 is 20.5 Å². The molecule has 0 aromatic heterocycles. The first-order valence-corrected chi connectivity index (χ1v) is 6.34. The highest BCUT2D eigenvalue weighted by atomic mass is 19.3. The Morgan fingerprint density at radius 3 is 2.43 bits per heavy atom. The van der Waals surface area contributed by atoms with Gasteiger partial charge in [-0.2, -0.15) is 8.78 Å². The lowest BCUT2D eigenvalue weighted by Crippen LogP contribution is -2.45. The van der Waals surface area contributed by atoms with Gasteiger partial charge in [0, 0.05) is 6.07 Å². The molecular formula is C14H20F2N2O3. The van der Waals surface area contributed by atoms with E-state index >= 15 is 0 Å². The number of hydrogen-bond donors (Lipinski definition) is 2. The minimum Gasteiger partial charge on any atom is -0.497 e. The largest absolute Gasteiger partial charge is 0.497 e. The number of methoxy groups -OCH3 is 1. The zero-order chi connectivity index (χ0) is 16.2. The molecule has 0 aliphatic carbocycles. The Balaban J connectivity index is 3.01. The van der Waals surface area contributed by atoms with Gasteiger partial charge in [-0.1, -0.05) is 20.8 Å². The van der Waals surface area contributed by atoms with Gasteiger partial charge in [0.2, 0.25) is 5.91 Å². The fourth-order valence-electron chi connectivity index (χ4n) is 1.54. The van der Waals surface area contributed by atoms with E-state index in [0.29, 0.717) is 5.75 Å². The average Bonchev–Trinajstić information content (AvgIpc) is 2.38. The average molecular weight is 302 g/mol. The van der Waals surface area contributed by atoms with Gasteiger partial charge >= 0.3 is 6.61 Å². The molecule has 1 unspecified atom stereocenters. The summed E-state index contributed by atoms with van der Waals surface area (Å²) in [6.45, 7) is 2.42. The first kappa shape index (κ1) is 17.2. The Kier molecular flexibility index (Phi) is 5.48. The van der Waals surface area contributed by atoms with Crippen molar-refractivity contribution < 1.29 is 23.0 Å². The van der Waals surface area contributed by atoms with Crippen molar-refractivity contribution in [2.45, 2.75) is 33.4 Å². The van der Waals surface area contributed by atoms with Crippen LogP contribution in [-0.2, 0) is 4.79 Å². The number of ether oxygens (including phenoxy) is 2. The standard InChI is InChI=1S/C14H20F2N2O3/c1-14(2,3)11(17)12(19)18-9-7-8(20-4)5-6-10(9)21-13(15)16/h5-7,11,13H,17H2,1-4H3,(H,18,19). The van der Waals surface area contributed by atoms with Crippen LogP contribution in [0.5, 0.6) is 11.5 Å². The van der Waals surface area contributed by atoms with E-state index in [1.807, 2.05) is 0 Å². The molecule has 0 spiro atoms. The van der Waals surface area contributed by atoms with Crippen LogP contribution in [0.25, 0.3) is 0 Å². The summed E-state index contributed by atoms with van der Waals surface area (Å²) < 4.78 is 34.1. The molecule has 1 aromatic carbocycles. The van der Waals surface area contributed by atoms with Crippen molar-refractivity contribution in [3.05, 3.63) is 18.2 Å². The molecule has 0 aliphatic rings. The molecule has 0 aliphatic heterocycles. The third-order valence-corrected chi connectivity index (χ3v) is 2.88. The highest BCUT2D eigenvalue weighted by molar-refractivity contribution is 5.96. The van der Waals surface area contributed by atoms with Gasteiger partial charge in [0.25, 0.3) is 0 Å². The van der Waals surface area contributed by atoms with Crippen molar-refractivity contribution >= 4 is 11.6 Å². The van der Waals surface area contributed by atoms with E-state index in [1.54, 1.807) is 20.8 Å². The number of carbonyl (C=O) groups is 1. The smallest absolute Gasteiger partial charge is 0.387 e. The first-order chi connectivity index (χ1) is 9.65. The summed E-state index contributed by atoms with van der Waals surface area (Å²) in [4.78, 5) is 12.1. The molecule has 1 aromatic rings. The van der Waals surface area contributed by atoms with Crippen LogP contribution in [0.1, 0.15) is 20.8 Å². The number of alkyl halides is 2. The van der Waals surface area contributed by atoms with E-state index < -0.39 is 24.0 Å². The summed E-state index contributed by atoms with van der Waals surface area (Å²) in [5.41, 5.74) is 5.45. The number of amides is 1. The van der Waals surface area contributed by atoms with Crippen LogP contribution in [0, 0.1) is 5.41 Å². The van der Waals surface area contributed by atoms with Crippen LogP contribution in [-0.4, -0.2) is 25.7 Å². The van der Waals surface area contributed by atoms with E-state index in [-0.39, 0.29) is 11.4 Å². The van der Waals surface area contributed by atoms with Crippen LogP contribution in [0.15, 0.2) is 18.2 Å². The minimum absolute atomic E-state index is 0.0827. The lowest BCUT2D eigenvalue weighted by Gasteiger charge is -2.26. The number of rotatable bonds is 5. The highest BCUT2D eigenvalue weighted by Gasteiger charge is 2.28. The number of nitrogens with one attached hydrogen (secondary N) is 1. The predicted octanol–water partition coefficient (Wildman–Crippen LogP) is 2.61. The van der Waals surface area contributed by atoms with Gasteiger partial charge in [0.15, 0.2) is 0 Å². The van der Waals surface area contributed by atoms with E-state index in [1.165, 1.54) is 25.3 Å². The summed E-state index contributed by atoms with van der Waals surface area (Å²) in [5.74, 6) is -0.244. The molecule has 0 radical (unpaired) electrons. The third-order valence-electron chi connectivity index (χ3n) is 2.88. The van der Waals surface area contributed by atoms with E-state index in [0.717, 1.165) is 0 Å². The molecule has 1 atom stereocenters. The van der Waals surface area contributed by atoms with Crippen molar-refractivity contribution in [3.63, 3.8) is 0 Å². The normalized spacial score (nSPS) is 13.0. The molecule has 3 N–H and O–H groups in total. The molecule has 5 nitrogen and oxygen atoms in total. The number of benzene rings is 1. The van der Waals surface area contributed by atoms with Crippen LogP contribution in [0.4, 0.5) is 14.5 Å². The second-order valence-electron chi connectivity index (χ2n) is 5.57. The molecule has 7 heteroatoms. The summed E-state index contributed by atoms with van der Waals surface area (Å²) >= 11 is 0. The quantitative estimate of drug-likeness (QED) is 0.877. The topological polar surface area (TPSA) is 73.6 Å². The van der Waals surface area contributed by atoms with Gasteiger partial charge in [0.05, 0.1) is 18.8 Å². The predicted molar refractivity (Wildman–Crippen MR) is 75.7 cm³/mol. The van der Waals surface area contributed by atoms with Gasteiger partial charge in [-0.05, 0) is 17.5 Å². The van der Waals surface area contributed by atoms with E-state index in [4.69, 9.17) is 10.5 Å². The number of carbonyl (C=O) groups excluding carboxylic acids is 1. The molecule has 21 heavy (non-hydrogen) atoms. The molecule has 0 saturated heterocycles. The SMILES string of the molecule is COc1ccc(OC(F)F)c(NC(=O)C(N)C(C)(C)C)c1. The molecular weight excluding hydrogens is 282 g/mol. The third kappa shape index (κ3) is 4.86. The lowest BCUT2D eigenvalue weighted by molar-refractivity contribution is -0.119. The van der Waals surface area contributed by atoms with Crippen molar-refractivity contribution in [2.75, 3.05) is 12.4 Å². The van der Waals surface area contributed by atoms with Crippen molar-refractivity contribution in [1.29, 1.82) is 0 Å². The second kappa shape index (κ2) is 6.71. The van der Waals surface area contributed by atoms with Gasteiger partial charge < -0.3 is 20.5 Å². The number of anilines is 1. The summed E-state index contributed by atoms with van der Waals surface area (Å²) in [6, 6.07) is 3.34. The van der Waals surface area contributed by atoms with Crippen LogP contribution in [0.3, 0.4) is 0 Å². The van der Waals surface area contributed by atoms with Gasteiger partial charge in [-0.15, -0.1) is 0 Å². The highest BCUT2D eigenvalue weighted by Crippen LogP contribution is 2.31. The fraction of sp³-hybridized carbons (Fsp3) is 0.500. The molecule has 1 amide bonds. The maximum absolute atomic E-state index is 12.4. The number of hydrogen-bond acceptors (Lipinski definition) is 4. The molecule has 118 valence electrons. The van der Waals surface area contributed by atoms with Crippen molar-refractivity contribution in [3.8, 4) is 11.5 Å². The van der Waals surface area contributed by atoms with Gasteiger partial charge in [0.1, 0.15) is 11.5 Å². The Labute approximate surface area is 122 Å². The maximum atomic E-state index is 12.4. The second-order valence-corrected chi connectivity index (χ2v) is 5.57. The van der Waals surface area contributed by atoms with Gasteiger partial charge in [-0.3, -0.25) is 4.79 Å². The summed E-state index contributed by atoms with van der Waals surface area (Å²) in [5, 5.41) is 2.49. The molecule has 0 heterocycles. The fourth-order valence-corrected chi connectivity index (χ4v) is 1.54. The number of halogens is 2. The van der Waals surface area contributed by atoms with Crippen molar-refractivity contribution in [2.24, 2.45) is 11.1 Å². The zero-order valence-electron chi connectivity index (χ0n) is 12.4. The van der Waals surface area contributed by atoms with E-state index in [9.17, 15) is 13.6 Å². The molecule has 0 fully saturated rings. The Bertz CT molecular complexity index is 501. The van der Waals surface area contributed by atoms with Crippen LogP contribution in [0.2, 0.25) is 0 Å². The van der Waals surface area contributed by atoms with Gasteiger partial charge in [-0.25, -0.2) is 0 Å². The Hall–Kier alpha value is -1.89. The zero-order valence-corrected chi connectivity index (χ0v) is 12.4. The van der Waals surface area contributed by atoms with Crippen molar-refractivity contribution in [1.82, 2.24) is 0 Å². The summed E-state index contributed by atoms with van der Waals surface area (Å²) in [7, 11) is 1.43. The minimum atomic E-state index is -3.00. The lowest BCUT2D eigenvalue weighted by atomic mass is 9.87. The monoisotopic (exact) mass is 302 g/mol. The van der Waals surface area contributed by atoms with Crippen LogP contribution >= 0.6 is 0 Å².